The predicted octanol–water partition coefficient (Wildman–Crippen LogP) is 4.89. The average Bonchev–Trinajstić information content (AvgIpc) is 3.05. The first-order chi connectivity index (χ1) is 13.3. The van der Waals surface area contributed by atoms with Gasteiger partial charge in [0.2, 0.25) is 0 Å². The van der Waals surface area contributed by atoms with Gasteiger partial charge in [0.15, 0.2) is 0 Å². The van der Waals surface area contributed by atoms with Crippen LogP contribution >= 0.6 is 0 Å². The van der Waals surface area contributed by atoms with Crippen molar-refractivity contribution in [3.63, 3.8) is 0 Å². The van der Waals surface area contributed by atoms with Gasteiger partial charge in [0, 0.05) is 0 Å². The van der Waals surface area contributed by atoms with E-state index in [1.165, 1.54) is 16.6 Å². The summed E-state index contributed by atoms with van der Waals surface area (Å²) in [5.41, 5.74) is 1.38. The van der Waals surface area contributed by atoms with E-state index in [-0.39, 0.29) is 5.83 Å². The van der Waals surface area contributed by atoms with Crippen LogP contribution in [0.15, 0.2) is 54.8 Å². The molecular formula is C21H28FN5Sn. The van der Waals surface area contributed by atoms with Crippen LogP contribution in [0.5, 0.6) is 0 Å². The fourth-order valence-electron chi connectivity index (χ4n) is 2.35. The SMILES string of the molecule is C/C(F)=C/Cn1nc(-c2nc[c]([Sn]([CH3])([CH3])[CH3])cn2)c2cccnc21.C/C=C\C. The fraction of sp³-hybridized carbons (Fsp3) is 0.333. The first-order valence-electron chi connectivity index (χ1n) is 9.32. The zero-order valence-electron chi connectivity index (χ0n) is 17.4. The van der Waals surface area contributed by atoms with E-state index in [9.17, 15) is 4.39 Å². The largest absolute Gasteiger partial charge is 0.0919 e. The van der Waals surface area contributed by atoms with E-state index in [1.807, 2.05) is 50.5 Å². The van der Waals surface area contributed by atoms with Gasteiger partial charge in [0.25, 0.3) is 0 Å². The molecule has 28 heavy (non-hydrogen) atoms. The van der Waals surface area contributed by atoms with Crippen LogP contribution in [-0.2, 0) is 6.54 Å². The summed E-state index contributed by atoms with van der Waals surface area (Å²) in [6.45, 7) is 5.74. The number of hydrogen-bond acceptors (Lipinski definition) is 4. The third-order valence-corrected chi connectivity index (χ3v) is 9.80. The standard InChI is InChI=1S/C14H11FN5.C4H8.3CH3.Sn/c1-10(15)5-9-20-14-11(4-2-6-18-14)12(19-20)13-16-7-3-8-17-13;1-3-4-2;;;;/h2,4-8H,9H2,1H3;3-4H,1-2H3;3*1H3;/b10-5-;4-3-;;;;. The Kier molecular flexibility index (Phi) is 7.86. The first-order valence-corrected chi connectivity index (χ1v) is 19.3. The van der Waals surface area contributed by atoms with Crippen molar-refractivity contribution in [2.75, 3.05) is 0 Å². The zero-order chi connectivity index (χ0) is 20.7. The van der Waals surface area contributed by atoms with Crippen LogP contribution in [0, 0.1) is 0 Å². The molecule has 0 fully saturated rings. The van der Waals surface area contributed by atoms with Gasteiger partial charge in [-0.2, -0.15) is 0 Å². The van der Waals surface area contributed by atoms with Crippen molar-refractivity contribution in [2.45, 2.75) is 42.1 Å². The Morgan fingerprint density at radius 1 is 1.11 bits per heavy atom. The molecule has 0 aliphatic heterocycles. The second-order valence-corrected chi connectivity index (χ2v) is 21.9. The summed E-state index contributed by atoms with van der Waals surface area (Å²) < 4.78 is 16.0. The van der Waals surface area contributed by atoms with Gasteiger partial charge in [0.1, 0.15) is 0 Å². The van der Waals surface area contributed by atoms with Crippen molar-refractivity contribution in [1.82, 2.24) is 24.7 Å². The maximum Gasteiger partial charge on any atom is -0.0470 e. The monoisotopic (exact) mass is 489 g/mol. The zero-order valence-corrected chi connectivity index (χ0v) is 20.3. The van der Waals surface area contributed by atoms with E-state index in [4.69, 9.17) is 0 Å². The Labute approximate surface area is 170 Å². The van der Waals surface area contributed by atoms with E-state index in [1.54, 1.807) is 10.9 Å². The average molecular weight is 488 g/mol. The summed E-state index contributed by atoms with van der Waals surface area (Å²) in [6.07, 6.45) is 11.0. The summed E-state index contributed by atoms with van der Waals surface area (Å²) in [6, 6.07) is 3.79. The van der Waals surface area contributed by atoms with Crippen LogP contribution in [-0.4, -0.2) is 43.1 Å². The van der Waals surface area contributed by atoms with E-state index in [0.29, 0.717) is 23.7 Å². The molecule has 0 unspecified atom stereocenters. The Balaban J connectivity index is 0.000000640. The van der Waals surface area contributed by atoms with Gasteiger partial charge in [0.05, 0.1) is 0 Å². The summed E-state index contributed by atoms with van der Waals surface area (Å²) in [5, 5.41) is 5.43. The van der Waals surface area contributed by atoms with Crippen molar-refractivity contribution in [2.24, 2.45) is 0 Å². The topological polar surface area (TPSA) is 56.5 Å². The molecule has 0 aromatic carbocycles. The molecule has 0 bridgehead atoms. The molecule has 0 spiro atoms. The Bertz CT molecular complexity index is 961. The summed E-state index contributed by atoms with van der Waals surface area (Å²) >= 11 is -2.18. The molecule has 0 aliphatic rings. The molecule has 0 saturated heterocycles. The molecule has 3 aromatic heterocycles. The Morgan fingerprint density at radius 3 is 2.29 bits per heavy atom. The maximum absolute atomic E-state index is 13.1. The molecule has 0 radical (unpaired) electrons. The van der Waals surface area contributed by atoms with Crippen LogP contribution in [0.3, 0.4) is 0 Å². The van der Waals surface area contributed by atoms with E-state index >= 15 is 0 Å². The van der Waals surface area contributed by atoms with Crippen LogP contribution in [0.4, 0.5) is 4.39 Å². The number of aromatic nitrogens is 5. The van der Waals surface area contributed by atoms with Gasteiger partial charge in [-0.1, -0.05) is 12.2 Å². The molecule has 0 saturated carbocycles. The second-order valence-electron chi connectivity index (χ2n) is 7.41. The molecule has 3 aromatic rings. The maximum atomic E-state index is 13.1. The number of allylic oxidation sites excluding steroid dienone is 4. The third-order valence-electron chi connectivity index (χ3n) is 4.12. The number of fused-ring (bicyclic) bond motifs is 1. The van der Waals surface area contributed by atoms with Gasteiger partial charge in [-0.05, 0) is 13.8 Å². The van der Waals surface area contributed by atoms with Gasteiger partial charge in [-0.3, -0.25) is 0 Å². The van der Waals surface area contributed by atoms with Crippen molar-refractivity contribution in [1.29, 1.82) is 0 Å². The molecular weight excluding hydrogens is 460 g/mol. The number of rotatable bonds is 4. The molecule has 0 aliphatic carbocycles. The number of hydrogen-bond donors (Lipinski definition) is 0. The van der Waals surface area contributed by atoms with Crippen molar-refractivity contribution in [3.8, 4) is 11.5 Å². The van der Waals surface area contributed by atoms with E-state index in [0.717, 1.165) is 5.39 Å². The molecule has 0 amide bonds. The summed E-state index contributed by atoms with van der Waals surface area (Å²) in [5.74, 6) is 0.335. The van der Waals surface area contributed by atoms with E-state index in [2.05, 4.69) is 34.9 Å². The molecule has 5 nitrogen and oxygen atoms in total. The summed E-state index contributed by atoms with van der Waals surface area (Å²) in [7, 11) is 0. The molecule has 148 valence electrons. The predicted molar refractivity (Wildman–Crippen MR) is 117 cm³/mol. The third kappa shape index (κ3) is 5.70. The number of pyridine rings is 1. The van der Waals surface area contributed by atoms with Gasteiger partial charge in [-0.25, -0.2) is 0 Å². The first kappa shape index (κ1) is 22.2. The minimum atomic E-state index is -2.18. The normalized spacial score (nSPS) is 12.3. The van der Waals surface area contributed by atoms with Crippen molar-refractivity contribution in [3.05, 3.63) is 54.8 Å². The van der Waals surface area contributed by atoms with Crippen LogP contribution in [0.25, 0.3) is 22.6 Å². The Morgan fingerprint density at radius 2 is 1.75 bits per heavy atom. The molecule has 3 rings (SSSR count). The van der Waals surface area contributed by atoms with E-state index < -0.39 is 18.4 Å². The van der Waals surface area contributed by atoms with Gasteiger partial charge in [-0.15, -0.1) is 0 Å². The number of halogens is 1. The van der Waals surface area contributed by atoms with Crippen molar-refractivity contribution >= 4 is 33.0 Å². The number of nitrogens with zero attached hydrogens (tertiary/aromatic N) is 5. The fourth-order valence-corrected chi connectivity index (χ4v) is 4.93. The van der Waals surface area contributed by atoms with Crippen LogP contribution in [0.1, 0.15) is 20.8 Å². The smallest absolute Gasteiger partial charge is 0.0470 e. The van der Waals surface area contributed by atoms with Crippen LogP contribution in [0.2, 0.25) is 14.8 Å². The molecule has 7 heteroatoms. The van der Waals surface area contributed by atoms with Crippen LogP contribution < -0.4 is 3.58 Å². The Hall–Kier alpha value is -2.09. The van der Waals surface area contributed by atoms with Gasteiger partial charge >= 0.3 is 145 Å². The van der Waals surface area contributed by atoms with Gasteiger partial charge < -0.3 is 0 Å². The minimum Gasteiger partial charge on any atom is -0.0919 e. The summed E-state index contributed by atoms with van der Waals surface area (Å²) in [4.78, 5) is 20.4. The van der Waals surface area contributed by atoms with Crippen molar-refractivity contribution < 1.29 is 4.39 Å². The molecule has 3 heterocycles. The molecule has 0 N–H and O–H groups in total. The quantitative estimate of drug-likeness (QED) is 0.388. The minimum absolute atomic E-state index is 0.241. The molecule has 0 atom stereocenters. The second kappa shape index (κ2) is 9.91.